The zero-order valence-electron chi connectivity index (χ0n) is 7.70. The van der Waals surface area contributed by atoms with E-state index in [9.17, 15) is 4.79 Å². The van der Waals surface area contributed by atoms with Gasteiger partial charge in [0.15, 0.2) is 0 Å². The number of nitrogens with zero attached hydrogens (tertiary/aromatic N) is 3. The summed E-state index contributed by atoms with van der Waals surface area (Å²) in [7, 11) is 0. The molecule has 2 N–H and O–H groups in total. The zero-order chi connectivity index (χ0) is 10.7. The maximum Gasteiger partial charge on any atom is 0.412 e. The average Bonchev–Trinajstić information content (AvgIpc) is 2.66. The lowest BCUT2D eigenvalue weighted by molar-refractivity contribution is 0.206. The first-order valence-electron chi connectivity index (χ1n) is 4.19. The molecule has 0 saturated heterocycles. The number of aromatic nitrogens is 3. The maximum absolute atomic E-state index is 10.6. The van der Waals surface area contributed by atoms with Gasteiger partial charge in [0.2, 0.25) is 0 Å². The van der Waals surface area contributed by atoms with Crippen LogP contribution in [-0.2, 0) is 0 Å². The number of rotatable bonds is 2. The number of amides is 1. The van der Waals surface area contributed by atoms with Gasteiger partial charge in [0.25, 0.3) is 0 Å². The Balaban J connectivity index is 2.37. The van der Waals surface area contributed by atoms with E-state index in [-0.39, 0.29) is 6.01 Å². The molecule has 2 rings (SSSR count). The first-order valence-corrected chi connectivity index (χ1v) is 4.19. The second kappa shape index (κ2) is 3.79. The van der Waals surface area contributed by atoms with Crippen molar-refractivity contribution in [2.24, 2.45) is 5.73 Å². The van der Waals surface area contributed by atoms with Crippen LogP contribution >= 0.6 is 0 Å². The molecule has 2 aromatic rings. The smallest absolute Gasteiger partial charge is 0.375 e. The molecule has 2 heterocycles. The lowest BCUT2D eigenvalue weighted by Crippen LogP contribution is -2.18. The Hall–Kier alpha value is -2.37. The number of hydrogen-bond acceptors (Lipinski definition) is 4. The minimum atomic E-state index is -0.904. The van der Waals surface area contributed by atoms with Crippen molar-refractivity contribution in [3.05, 3.63) is 36.8 Å². The SMILES string of the molecule is NC(=O)Oc1nccn1-c1ccccn1. The first-order chi connectivity index (χ1) is 7.27. The summed E-state index contributed by atoms with van der Waals surface area (Å²) in [5.74, 6) is 0.603. The van der Waals surface area contributed by atoms with Crippen LogP contribution in [0.3, 0.4) is 0 Å². The molecule has 0 bridgehead atoms. The monoisotopic (exact) mass is 204 g/mol. The summed E-state index contributed by atoms with van der Waals surface area (Å²) in [6.45, 7) is 0. The van der Waals surface area contributed by atoms with Crippen LogP contribution < -0.4 is 10.5 Å². The summed E-state index contributed by atoms with van der Waals surface area (Å²) in [6, 6.07) is 5.46. The zero-order valence-corrected chi connectivity index (χ0v) is 7.70. The third kappa shape index (κ3) is 1.93. The van der Waals surface area contributed by atoms with Crippen LogP contribution in [0.1, 0.15) is 0 Å². The quantitative estimate of drug-likeness (QED) is 0.781. The van der Waals surface area contributed by atoms with E-state index >= 15 is 0 Å². The van der Waals surface area contributed by atoms with Gasteiger partial charge in [0, 0.05) is 18.6 Å². The van der Waals surface area contributed by atoms with E-state index < -0.39 is 6.09 Å². The number of ether oxygens (including phenoxy) is 1. The molecular formula is C9H8N4O2. The van der Waals surface area contributed by atoms with Gasteiger partial charge in [-0.25, -0.2) is 14.8 Å². The summed E-state index contributed by atoms with van der Waals surface area (Å²) in [4.78, 5) is 18.5. The minimum absolute atomic E-state index is 0.0983. The average molecular weight is 204 g/mol. The van der Waals surface area contributed by atoms with Crippen molar-refractivity contribution in [2.45, 2.75) is 0 Å². The van der Waals surface area contributed by atoms with Crippen molar-refractivity contribution < 1.29 is 9.53 Å². The van der Waals surface area contributed by atoms with E-state index in [2.05, 4.69) is 9.97 Å². The highest BCUT2D eigenvalue weighted by Gasteiger charge is 2.08. The molecule has 0 spiro atoms. The summed E-state index contributed by atoms with van der Waals surface area (Å²) in [6.07, 6.45) is 3.84. The molecule has 0 aliphatic heterocycles. The van der Waals surface area contributed by atoms with Crippen molar-refractivity contribution in [3.63, 3.8) is 0 Å². The molecule has 0 radical (unpaired) electrons. The van der Waals surface area contributed by atoms with Crippen LogP contribution in [0.2, 0.25) is 0 Å². The fourth-order valence-corrected chi connectivity index (χ4v) is 1.13. The normalized spacial score (nSPS) is 9.87. The molecule has 0 fully saturated rings. The van der Waals surface area contributed by atoms with Gasteiger partial charge in [-0.05, 0) is 12.1 Å². The minimum Gasteiger partial charge on any atom is -0.375 e. The summed E-state index contributed by atoms with van der Waals surface area (Å²) in [5.41, 5.74) is 4.90. The molecule has 0 aliphatic carbocycles. The molecule has 15 heavy (non-hydrogen) atoms. The number of primary amides is 1. The van der Waals surface area contributed by atoms with Crippen molar-refractivity contribution in [2.75, 3.05) is 0 Å². The molecule has 76 valence electrons. The predicted molar refractivity (Wildman–Crippen MR) is 51.6 cm³/mol. The highest BCUT2D eigenvalue weighted by atomic mass is 16.6. The van der Waals surface area contributed by atoms with Gasteiger partial charge in [-0.3, -0.25) is 4.57 Å². The van der Waals surface area contributed by atoms with Gasteiger partial charge in [-0.2, -0.15) is 0 Å². The molecule has 0 aliphatic rings. The van der Waals surface area contributed by atoms with E-state index in [1.54, 1.807) is 24.5 Å². The highest BCUT2D eigenvalue weighted by molar-refractivity contribution is 5.67. The van der Waals surface area contributed by atoms with Gasteiger partial charge in [0.1, 0.15) is 5.82 Å². The maximum atomic E-state index is 10.6. The summed E-state index contributed by atoms with van der Waals surface area (Å²) >= 11 is 0. The Bertz CT molecular complexity index is 466. The van der Waals surface area contributed by atoms with Crippen LogP contribution in [-0.4, -0.2) is 20.6 Å². The highest BCUT2D eigenvalue weighted by Crippen LogP contribution is 2.13. The van der Waals surface area contributed by atoms with Crippen LogP contribution in [0, 0.1) is 0 Å². The second-order valence-corrected chi connectivity index (χ2v) is 2.69. The van der Waals surface area contributed by atoms with Crippen molar-refractivity contribution in [3.8, 4) is 11.8 Å². The Morgan fingerprint density at radius 1 is 1.33 bits per heavy atom. The van der Waals surface area contributed by atoms with E-state index in [1.807, 2.05) is 6.07 Å². The molecule has 6 nitrogen and oxygen atoms in total. The number of nitrogens with two attached hydrogens (primary N) is 1. The molecule has 0 saturated carbocycles. The lowest BCUT2D eigenvalue weighted by atomic mass is 10.4. The predicted octanol–water partition coefficient (Wildman–Crippen LogP) is 0.725. The second-order valence-electron chi connectivity index (χ2n) is 2.69. The van der Waals surface area contributed by atoms with Gasteiger partial charge in [-0.15, -0.1) is 0 Å². The molecule has 0 atom stereocenters. The summed E-state index contributed by atoms with van der Waals surface area (Å²) in [5, 5.41) is 0. The van der Waals surface area contributed by atoms with Gasteiger partial charge in [0.05, 0.1) is 0 Å². The van der Waals surface area contributed by atoms with Crippen LogP contribution in [0.5, 0.6) is 6.01 Å². The Kier molecular flexibility index (Phi) is 2.32. The Morgan fingerprint density at radius 2 is 2.20 bits per heavy atom. The Labute approximate surface area is 85.3 Å². The topological polar surface area (TPSA) is 83.0 Å². The van der Waals surface area contributed by atoms with Crippen molar-refractivity contribution >= 4 is 6.09 Å². The molecule has 2 aromatic heterocycles. The number of carbonyl (C=O) groups excluding carboxylic acids is 1. The number of hydrogen-bond donors (Lipinski definition) is 1. The summed E-state index contributed by atoms with van der Waals surface area (Å²) < 4.78 is 6.21. The van der Waals surface area contributed by atoms with Crippen LogP contribution in [0.25, 0.3) is 5.82 Å². The van der Waals surface area contributed by atoms with E-state index in [1.165, 1.54) is 10.8 Å². The van der Waals surface area contributed by atoms with Gasteiger partial charge < -0.3 is 10.5 Å². The van der Waals surface area contributed by atoms with E-state index in [4.69, 9.17) is 10.5 Å². The third-order valence-corrected chi connectivity index (χ3v) is 1.69. The number of pyridine rings is 1. The van der Waals surface area contributed by atoms with Gasteiger partial charge in [-0.1, -0.05) is 6.07 Å². The standard InChI is InChI=1S/C9H8N4O2/c10-8(14)15-9-12-5-6-13(9)7-3-1-2-4-11-7/h1-6H,(H2,10,14). The van der Waals surface area contributed by atoms with Crippen molar-refractivity contribution in [1.29, 1.82) is 0 Å². The molecule has 6 heteroatoms. The van der Waals surface area contributed by atoms with Gasteiger partial charge >= 0.3 is 12.1 Å². The Morgan fingerprint density at radius 3 is 2.87 bits per heavy atom. The van der Waals surface area contributed by atoms with Crippen molar-refractivity contribution in [1.82, 2.24) is 14.5 Å². The fraction of sp³-hybridized carbons (Fsp3) is 0. The first kappa shape index (κ1) is 9.20. The lowest BCUT2D eigenvalue weighted by Gasteiger charge is -2.04. The van der Waals surface area contributed by atoms with Crippen LogP contribution in [0.15, 0.2) is 36.8 Å². The molecule has 0 aromatic carbocycles. The van der Waals surface area contributed by atoms with Crippen LogP contribution in [0.4, 0.5) is 4.79 Å². The molecule has 0 unspecified atom stereocenters. The third-order valence-electron chi connectivity index (χ3n) is 1.69. The number of carbonyl (C=O) groups is 1. The number of imidazole rings is 1. The fourth-order valence-electron chi connectivity index (χ4n) is 1.13. The van der Waals surface area contributed by atoms with E-state index in [0.717, 1.165) is 0 Å². The molecule has 1 amide bonds. The largest absolute Gasteiger partial charge is 0.412 e. The molecular weight excluding hydrogens is 196 g/mol. The van der Waals surface area contributed by atoms with E-state index in [0.29, 0.717) is 5.82 Å².